The van der Waals surface area contributed by atoms with Gasteiger partial charge in [-0.1, -0.05) is 28.8 Å². The van der Waals surface area contributed by atoms with Gasteiger partial charge in [0.2, 0.25) is 0 Å². The third-order valence-electron chi connectivity index (χ3n) is 5.63. The highest BCUT2D eigenvalue weighted by atomic mass is 31.2. The Morgan fingerprint density at radius 3 is 2.29 bits per heavy atom. The SMILES string of the molecule is COP(=O)(c1cc(C)cc(C)c1)c1c(C(=O)NCc2c(F)cncc2F)[nH]c2ccc(C)cc12. The van der Waals surface area contributed by atoms with Crippen LogP contribution in [0, 0.1) is 32.4 Å². The number of pyridine rings is 1. The molecule has 2 aromatic carbocycles. The normalized spacial score (nSPS) is 13.1. The molecule has 0 spiro atoms. The van der Waals surface area contributed by atoms with Gasteiger partial charge in [-0.15, -0.1) is 0 Å². The summed E-state index contributed by atoms with van der Waals surface area (Å²) in [5.41, 5.74) is 2.99. The predicted octanol–water partition coefficient (Wildman–Crippen LogP) is 4.57. The van der Waals surface area contributed by atoms with E-state index in [1.165, 1.54) is 7.11 Å². The molecule has 0 aliphatic heterocycles. The van der Waals surface area contributed by atoms with Crippen molar-refractivity contribution in [2.24, 2.45) is 0 Å². The van der Waals surface area contributed by atoms with Crippen LogP contribution in [0.4, 0.5) is 8.78 Å². The van der Waals surface area contributed by atoms with E-state index in [9.17, 15) is 18.1 Å². The lowest BCUT2D eigenvalue weighted by atomic mass is 10.2. The Labute approximate surface area is 195 Å². The number of aromatic amines is 1. The first kappa shape index (κ1) is 23.8. The number of aromatic nitrogens is 2. The number of aryl methyl sites for hydroxylation is 3. The van der Waals surface area contributed by atoms with Gasteiger partial charge in [-0.2, -0.15) is 0 Å². The van der Waals surface area contributed by atoms with Crippen molar-refractivity contribution in [2.75, 3.05) is 7.11 Å². The monoisotopic (exact) mass is 483 g/mol. The van der Waals surface area contributed by atoms with Gasteiger partial charge >= 0.3 is 0 Å². The summed E-state index contributed by atoms with van der Waals surface area (Å²) >= 11 is 0. The Kier molecular flexibility index (Phi) is 6.39. The van der Waals surface area contributed by atoms with Crippen molar-refractivity contribution < 1.29 is 22.7 Å². The van der Waals surface area contributed by atoms with Crippen LogP contribution in [0.25, 0.3) is 10.9 Å². The molecule has 176 valence electrons. The molecule has 6 nitrogen and oxygen atoms in total. The maximum absolute atomic E-state index is 14.4. The van der Waals surface area contributed by atoms with Gasteiger partial charge in [0.05, 0.1) is 17.7 Å². The maximum atomic E-state index is 14.4. The topological polar surface area (TPSA) is 84.1 Å². The van der Waals surface area contributed by atoms with Gasteiger partial charge < -0.3 is 14.8 Å². The van der Waals surface area contributed by atoms with E-state index in [0.29, 0.717) is 16.2 Å². The second kappa shape index (κ2) is 9.12. The second-order valence-corrected chi connectivity index (χ2v) is 10.7. The molecular formula is C25H24F2N3O3P. The number of nitrogens with zero attached hydrogens (tertiary/aromatic N) is 1. The van der Waals surface area contributed by atoms with Crippen LogP contribution in [0.1, 0.15) is 32.7 Å². The zero-order valence-corrected chi connectivity index (χ0v) is 20.1. The second-order valence-electron chi connectivity index (χ2n) is 8.24. The number of amides is 1. The summed E-state index contributed by atoms with van der Waals surface area (Å²) in [4.78, 5) is 19.7. The molecule has 1 atom stereocenters. The average molecular weight is 483 g/mol. The van der Waals surface area contributed by atoms with Crippen LogP contribution in [0.5, 0.6) is 0 Å². The molecule has 0 bridgehead atoms. The number of carbonyl (C=O) groups excluding carboxylic acids is 1. The fourth-order valence-electron chi connectivity index (χ4n) is 4.07. The van der Waals surface area contributed by atoms with Crippen LogP contribution in [0.2, 0.25) is 0 Å². The van der Waals surface area contributed by atoms with Crippen LogP contribution in [0.15, 0.2) is 48.8 Å². The fraction of sp³-hybridized carbons (Fsp3) is 0.200. The van der Waals surface area contributed by atoms with Gasteiger partial charge in [-0.3, -0.25) is 14.3 Å². The van der Waals surface area contributed by atoms with E-state index in [4.69, 9.17) is 4.52 Å². The molecular weight excluding hydrogens is 459 g/mol. The summed E-state index contributed by atoms with van der Waals surface area (Å²) in [6.45, 7) is 5.26. The Bertz CT molecular complexity index is 1430. The van der Waals surface area contributed by atoms with Gasteiger partial charge in [-0.25, -0.2) is 8.78 Å². The standard InChI is InChI=1S/C25H24F2N3O3P/c1-14-5-6-22-18(10-14)24(34(32,33-4)17-8-15(2)7-16(3)9-17)23(30-22)25(31)29-11-19-20(26)12-28-13-21(19)27/h5-10,12-13,30H,11H2,1-4H3,(H,29,31). The average Bonchev–Trinajstić information content (AvgIpc) is 3.16. The minimum Gasteiger partial charge on any atom is -0.350 e. The molecule has 0 aliphatic carbocycles. The number of benzene rings is 2. The Hall–Kier alpha value is -3.35. The van der Waals surface area contributed by atoms with Crippen molar-refractivity contribution in [1.82, 2.24) is 15.3 Å². The van der Waals surface area contributed by atoms with Crippen molar-refractivity contribution >= 4 is 34.8 Å². The van der Waals surface area contributed by atoms with E-state index in [1.807, 2.05) is 39.0 Å². The molecule has 0 saturated carbocycles. The van der Waals surface area contributed by atoms with Gasteiger partial charge in [0, 0.05) is 35.4 Å². The first-order chi connectivity index (χ1) is 16.1. The van der Waals surface area contributed by atoms with E-state index < -0.39 is 31.5 Å². The number of halogens is 2. The molecule has 2 heterocycles. The molecule has 9 heteroatoms. The number of carbonyl (C=O) groups is 1. The molecule has 0 fully saturated rings. The van der Waals surface area contributed by atoms with Gasteiger partial charge in [0.25, 0.3) is 13.3 Å². The van der Waals surface area contributed by atoms with E-state index >= 15 is 0 Å². The van der Waals surface area contributed by atoms with Gasteiger partial charge in [0.15, 0.2) is 0 Å². The minimum absolute atomic E-state index is 0.0137. The zero-order valence-electron chi connectivity index (χ0n) is 19.2. The van der Waals surface area contributed by atoms with E-state index in [0.717, 1.165) is 29.1 Å². The molecule has 4 aromatic rings. The lowest BCUT2D eigenvalue weighted by molar-refractivity contribution is 0.0947. The maximum Gasteiger partial charge on any atom is 0.268 e. The number of H-pyrrole nitrogens is 1. The third kappa shape index (κ3) is 4.27. The first-order valence-electron chi connectivity index (χ1n) is 10.6. The summed E-state index contributed by atoms with van der Waals surface area (Å²) in [6, 6.07) is 11.0. The summed E-state index contributed by atoms with van der Waals surface area (Å²) in [5.74, 6) is -2.41. The largest absolute Gasteiger partial charge is 0.350 e. The number of rotatable bonds is 6. The van der Waals surface area contributed by atoms with Crippen LogP contribution in [-0.2, 0) is 15.6 Å². The lowest BCUT2D eigenvalue weighted by Crippen LogP contribution is -2.30. The van der Waals surface area contributed by atoms with Crippen molar-refractivity contribution in [3.8, 4) is 0 Å². The molecule has 0 aliphatic rings. The smallest absolute Gasteiger partial charge is 0.268 e. The van der Waals surface area contributed by atoms with Gasteiger partial charge in [-0.05, 0) is 45.0 Å². The van der Waals surface area contributed by atoms with Crippen LogP contribution < -0.4 is 15.9 Å². The Balaban J connectivity index is 1.86. The first-order valence-corrected chi connectivity index (χ1v) is 12.2. The number of hydrogen-bond acceptors (Lipinski definition) is 4. The molecule has 0 saturated heterocycles. The highest BCUT2D eigenvalue weighted by Gasteiger charge is 2.36. The van der Waals surface area contributed by atoms with Crippen LogP contribution >= 0.6 is 7.37 Å². The predicted molar refractivity (Wildman–Crippen MR) is 128 cm³/mol. The van der Waals surface area contributed by atoms with E-state index in [-0.39, 0.29) is 16.6 Å². The van der Waals surface area contributed by atoms with Crippen molar-refractivity contribution in [2.45, 2.75) is 27.3 Å². The molecule has 4 rings (SSSR count). The molecule has 2 N–H and O–H groups in total. The summed E-state index contributed by atoms with van der Waals surface area (Å²) in [5, 5.41) is 3.78. The zero-order chi connectivity index (χ0) is 24.6. The molecule has 0 radical (unpaired) electrons. The lowest BCUT2D eigenvalue weighted by Gasteiger charge is -2.19. The number of hydrogen-bond donors (Lipinski definition) is 2. The van der Waals surface area contributed by atoms with E-state index in [1.54, 1.807) is 18.2 Å². The molecule has 1 unspecified atom stereocenters. The molecule has 34 heavy (non-hydrogen) atoms. The number of fused-ring (bicyclic) bond motifs is 1. The molecule has 1 amide bonds. The molecule has 2 aromatic heterocycles. The van der Waals surface area contributed by atoms with Crippen molar-refractivity contribution in [1.29, 1.82) is 0 Å². The van der Waals surface area contributed by atoms with Crippen LogP contribution in [-0.4, -0.2) is 23.0 Å². The quantitative estimate of drug-likeness (QED) is 0.394. The highest BCUT2D eigenvalue weighted by Crippen LogP contribution is 2.47. The Morgan fingerprint density at radius 2 is 1.68 bits per heavy atom. The highest BCUT2D eigenvalue weighted by molar-refractivity contribution is 7.75. The summed E-state index contributed by atoms with van der Waals surface area (Å²) in [6.07, 6.45) is 1.75. The van der Waals surface area contributed by atoms with Crippen molar-refractivity contribution in [3.63, 3.8) is 0 Å². The summed E-state index contributed by atoms with van der Waals surface area (Å²) in [7, 11) is -2.39. The third-order valence-corrected chi connectivity index (χ3v) is 8.14. The fourth-order valence-corrected chi connectivity index (χ4v) is 6.42. The van der Waals surface area contributed by atoms with Gasteiger partial charge in [0.1, 0.15) is 17.3 Å². The van der Waals surface area contributed by atoms with Crippen LogP contribution in [0.3, 0.4) is 0 Å². The Morgan fingerprint density at radius 1 is 1.03 bits per heavy atom. The number of nitrogens with one attached hydrogen (secondary N) is 2. The summed E-state index contributed by atoms with van der Waals surface area (Å²) < 4.78 is 48.1. The van der Waals surface area contributed by atoms with E-state index in [2.05, 4.69) is 15.3 Å². The minimum atomic E-state index is -3.73. The van der Waals surface area contributed by atoms with Crippen molar-refractivity contribution in [3.05, 3.63) is 88.4 Å².